The molecule has 3 aromatic rings. The highest BCUT2D eigenvalue weighted by atomic mass is 32.2. The molecule has 0 atom stereocenters. The number of aromatic amines is 1. The highest BCUT2D eigenvalue weighted by Crippen LogP contribution is 2.44. The Kier molecular flexibility index (Phi) is 4.66. The van der Waals surface area contributed by atoms with E-state index in [2.05, 4.69) is 25.9 Å². The van der Waals surface area contributed by atoms with Gasteiger partial charge in [0.1, 0.15) is 0 Å². The van der Waals surface area contributed by atoms with Crippen LogP contribution in [0.2, 0.25) is 0 Å². The van der Waals surface area contributed by atoms with E-state index in [1.54, 1.807) is 12.1 Å². The quantitative estimate of drug-likeness (QED) is 0.672. The molecule has 29 heavy (non-hydrogen) atoms. The maximum Gasteiger partial charge on any atom is 0.417 e. The summed E-state index contributed by atoms with van der Waals surface area (Å²) < 4.78 is 66.0. The molecule has 152 valence electrons. The summed E-state index contributed by atoms with van der Waals surface area (Å²) in [6.45, 7) is 1.33. The number of hydrogen-bond donors (Lipinski definition) is 2. The Morgan fingerprint density at radius 2 is 1.90 bits per heavy atom. The number of rotatable bonds is 3. The van der Waals surface area contributed by atoms with Crippen LogP contribution in [0.3, 0.4) is 0 Å². The van der Waals surface area contributed by atoms with Gasteiger partial charge in [0.25, 0.3) is 0 Å². The molecule has 0 spiro atoms. The third-order valence-corrected chi connectivity index (χ3v) is 6.00. The van der Waals surface area contributed by atoms with Crippen molar-refractivity contribution in [2.24, 2.45) is 0 Å². The average Bonchev–Trinajstić information content (AvgIpc) is 3.19. The second kappa shape index (κ2) is 6.92. The number of hydrogen-bond acceptors (Lipinski definition) is 6. The van der Waals surface area contributed by atoms with Crippen molar-refractivity contribution in [3.8, 4) is 22.5 Å². The van der Waals surface area contributed by atoms with Crippen molar-refractivity contribution in [1.29, 1.82) is 0 Å². The van der Waals surface area contributed by atoms with Gasteiger partial charge in [-0.2, -0.15) is 18.4 Å². The number of alkyl halides is 3. The Labute approximate surface area is 164 Å². The van der Waals surface area contributed by atoms with Crippen LogP contribution in [0.5, 0.6) is 0 Å². The van der Waals surface area contributed by atoms with E-state index in [1.807, 2.05) is 6.07 Å². The topological polar surface area (TPSA) is 101 Å². The van der Waals surface area contributed by atoms with Gasteiger partial charge in [0.2, 0.25) is 5.82 Å². The second-order valence-electron chi connectivity index (χ2n) is 6.74. The molecule has 7 nitrogen and oxygen atoms in total. The van der Waals surface area contributed by atoms with E-state index in [-0.39, 0.29) is 11.4 Å². The molecule has 11 heteroatoms. The van der Waals surface area contributed by atoms with Crippen molar-refractivity contribution in [1.82, 2.24) is 25.9 Å². The number of nitrogens with zero attached hydrogens (tertiary/aromatic N) is 3. The van der Waals surface area contributed by atoms with E-state index < -0.39 is 26.5 Å². The van der Waals surface area contributed by atoms with Crippen molar-refractivity contribution in [3.05, 3.63) is 47.0 Å². The summed E-state index contributed by atoms with van der Waals surface area (Å²) in [6.07, 6.45) is -3.46. The molecule has 0 bridgehead atoms. The molecular weight excluding hydrogens is 407 g/mol. The maximum atomic E-state index is 13.7. The highest BCUT2D eigenvalue weighted by Gasteiger charge is 2.39. The first-order valence-corrected chi connectivity index (χ1v) is 10.6. The highest BCUT2D eigenvalue weighted by molar-refractivity contribution is 7.91. The van der Waals surface area contributed by atoms with Gasteiger partial charge in [-0.15, -0.1) is 10.2 Å². The van der Waals surface area contributed by atoms with Gasteiger partial charge in [0, 0.05) is 12.8 Å². The van der Waals surface area contributed by atoms with Crippen LogP contribution in [0.15, 0.2) is 35.2 Å². The fourth-order valence-electron chi connectivity index (χ4n) is 3.69. The third kappa shape index (κ3) is 3.51. The Morgan fingerprint density at radius 3 is 2.55 bits per heavy atom. The van der Waals surface area contributed by atoms with Gasteiger partial charge in [-0.25, -0.2) is 8.42 Å². The lowest BCUT2D eigenvalue weighted by Gasteiger charge is -2.23. The molecule has 2 N–H and O–H groups in total. The van der Waals surface area contributed by atoms with E-state index in [4.69, 9.17) is 0 Å². The largest absolute Gasteiger partial charge is 0.417 e. The SMILES string of the molecule is CS(=O)(=O)c1c(C(F)(F)F)ccc(-c2cccc3c2CCNC3)c1-c1nn[nH]n1. The summed E-state index contributed by atoms with van der Waals surface area (Å²) in [5.74, 6) is -0.210. The minimum Gasteiger partial charge on any atom is -0.312 e. The van der Waals surface area contributed by atoms with E-state index in [9.17, 15) is 21.6 Å². The van der Waals surface area contributed by atoms with Crippen molar-refractivity contribution in [3.63, 3.8) is 0 Å². The smallest absolute Gasteiger partial charge is 0.312 e. The summed E-state index contributed by atoms with van der Waals surface area (Å²) in [4.78, 5) is -0.851. The van der Waals surface area contributed by atoms with Crippen LogP contribution in [0.25, 0.3) is 22.5 Å². The molecule has 0 saturated carbocycles. The zero-order valence-electron chi connectivity index (χ0n) is 15.2. The zero-order chi connectivity index (χ0) is 20.8. The molecular formula is C18H16F3N5O2S. The molecule has 4 rings (SSSR count). The van der Waals surface area contributed by atoms with Crippen LogP contribution in [0.1, 0.15) is 16.7 Å². The molecule has 1 aromatic heterocycles. The van der Waals surface area contributed by atoms with Gasteiger partial charge < -0.3 is 5.32 Å². The minimum absolute atomic E-state index is 0.206. The molecule has 2 heterocycles. The molecule has 0 amide bonds. The monoisotopic (exact) mass is 423 g/mol. The first-order chi connectivity index (χ1) is 13.7. The molecule has 0 radical (unpaired) electrons. The first-order valence-electron chi connectivity index (χ1n) is 8.68. The van der Waals surface area contributed by atoms with Crippen molar-refractivity contribution in [2.75, 3.05) is 12.8 Å². The normalized spacial score (nSPS) is 14.6. The number of sulfone groups is 1. The van der Waals surface area contributed by atoms with Crippen LogP contribution in [-0.4, -0.2) is 41.8 Å². The first kappa shape index (κ1) is 19.5. The number of tetrazole rings is 1. The van der Waals surface area contributed by atoms with Gasteiger partial charge in [-0.05, 0) is 46.5 Å². The molecule has 1 aliphatic heterocycles. The Bertz CT molecular complexity index is 1170. The van der Waals surface area contributed by atoms with Crippen LogP contribution in [0, 0.1) is 0 Å². The van der Waals surface area contributed by atoms with Crippen molar-refractivity contribution < 1.29 is 21.6 Å². The number of aromatic nitrogens is 4. The van der Waals surface area contributed by atoms with Gasteiger partial charge in [0.15, 0.2) is 9.84 Å². The summed E-state index contributed by atoms with van der Waals surface area (Å²) >= 11 is 0. The van der Waals surface area contributed by atoms with Gasteiger partial charge in [-0.3, -0.25) is 0 Å². The lowest BCUT2D eigenvalue weighted by Crippen LogP contribution is -2.24. The molecule has 2 aromatic carbocycles. The van der Waals surface area contributed by atoms with Crippen LogP contribution in [-0.2, 0) is 29.0 Å². The van der Waals surface area contributed by atoms with E-state index in [0.29, 0.717) is 30.6 Å². The summed E-state index contributed by atoms with van der Waals surface area (Å²) in [5, 5.41) is 16.4. The average molecular weight is 423 g/mol. The van der Waals surface area contributed by atoms with Gasteiger partial charge >= 0.3 is 6.18 Å². The third-order valence-electron chi connectivity index (χ3n) is 4.83. The Morgan fingerprint density at radius 1 is 1.10 bits per heavy atom. The Balaban J connectivity index is 2.13. The molecule has 0 unspecified atom stereocenters. The van der Waals surface area contributed by atoms with Crippen LogP contribution in [0.4, 0.5) is 13.2 Å². The van der Waals surface area contributed by atoms with Crippen molar-refractivity contribution >= 4 is 9.84 Å². The number of halogens is 3. The number of nitrogens with one attached hydrogen (secondary N) is 2. The molecule has 0 aliphatic carbocycles. The standard InChI is InChI=1S/C18H16F3N5O2S/c1-29(27,28)16-14(18(19,20)21)6-5-13(15(16)17-23-25-26-24-17)12-4-2-3-10-9-22-8-7-11(10)12/h2-6,22H,7-9H2,1H3,(H,23,24,25,26). The van der Waals surface area contributed by atoms with Gasteiger partial charge in [0.05, 0.1) is 16.0 Å². The number of benzene rings is 2. The number of H-pyrrole nitrogens is 1. The molecule has 1 aliphatic rings. The Hall–Kier alpha value is -2.79. The number of fused-ring (bicyclic) bond motifs is 1. The lowest BCUT2D eigenvalue weighted by molar-refractivity contribution is -0.139. The second-order valence-corrected chi connectivity index (χ2v) is 8.69. The van der Waals surface area contributed by atoms with Gasteiger partial charge in [-0.1, -0.05) is 24.3 Å². The minimum atomic E-state index is -4.87. The summed E-state index contributed by atoms with van der Waals surface area (Å²) in [5.41, 5.74) is 1.47. The molecule has 0 fully saturated rings. The van der Waals surface area contributed by atoms with Crippen LogP contribution >= 0.6 is 0 Å². The van der Waals surface area contributed by atoms with E-state index >= 15 is 0 Å². The van der Waals surface area contributed by atoms with E-state index in [0.717, 1.165) is 23.4 Å². The maximum absolute atomic E-state index is 13.7. The predicted octanol–water partition coefficient (Wildman–Crippen LogP) is 2.60. The van der Waals surface area contributed by atoms with Crippen molar-refractivity contribution in [2.45, 2.75) is 24.0 Å². The zero-order valence-corrected chi connectivity index (χ0v) is 16.0. The fourth-order valence-corrected chi connectivity index (χ4v) is 4.84. The van der Waals surface area contributed by atoms with Crippen LogP contribution < -0.4 is 5.32 Å². The summed E-state index contributed by atoms with van der Waals surface area (Å²) in [6, 6.07) is 7.57. The predicted molar refractivity (Wildman–Crippen MR) is 98.6 cm³/mol. The summed E-state index contributed by atoms with van der Waals surface area (Å²) in [7, 11) is -4.28. The lowest BCUT2D eigenvalue weighted by atomic mass is 9.88. The van der Waals surface area contributed by atoms with E-state index in [1.165, 1.54) is 6.07 Å². The fraction of sp³-hybridized carbons (Fsp3) is 0.278. The molecule has 0 saturated heterocycles.